The number of rotatable bonds is 2. The molecule has 0 bridgehead atoms. The fourth-order valence-corrected chi connectivity index (χ4v) is 3.87. The molecule has 1 aliphatic heterocycles. The van der Waals surface area contributed by atoms with Crippen molar-refractivity contribution in [3.8, 4) is 0 Å². The molecule has 0 aliphatic carbocycles. The van der Waals surface area contributed by atoms with Gasteiger partial charge in [-0.1, -0.05) is 0 Å². The predicted molar refractivity (Wildman–Crippen MR) is 69.5 cm³/mol. The monoisotopic (exact) mass is 274 g/mol. The van der Waals surface area contributed by atoms with Crippen LogP contribution in [0.25, 0.3) is 0 Å². The Morgan fingerprint density at radius 1 is 1.39 bits per heavy atom. The Morgan fingerprint density at radius 2 is 2.00 bits per heavy atom. The molecule has 0 spiro atoms. The Labute approximate surface area is 106 Å². The third kappa shape index (κ3) is 2.74. The van der Waals surface area contributed by atoms with Crippen molar-refractivity contribution in [3.63, 3.8) is 0 Å². The second kappa shape index (κ2) is 4.75. The van der Waals surface area contributed by atoms with E-state index in [1.165, 1.54) is 29.2 Å². The number of carbonyl (C=O) groups is 1. The lowest BCUT2D eigenvalue weighted by Crippen LogP contribution is -2.44. The zero-order valence-corrected chi connectivity index (χ0v) is 10.4. The molecular formula is C11H15FN2O3S. The van der Waals surface area contributed by atoms with E-state index in [0.29, 0.717) is 12.1 Å². The summed E-state index contributed by atoms with van der Waals surface area (Å²) in [6.45, 7) is 0. The first-order chi connectivity index (χ1) is 8.39. The number of primary amides is 1. The normalized spacial score (nSPS) is 23.6. The summed E-state index contributed by atoms with van der Waals surface area (Å²) >= 11 is 0. The number of amides is 2. The van der Waals surface area contributed by atoms with E-state index in [4.69, 9.17) is 5.73 Å². The summed E-state index contributed by atoms with van der Waals surface area (Å²) in [6.07, 6.45) is 0.475. The van der Waals surface area contributed by atoms with Crippen molar-refractivity contribution in [1.29, 1.82) is 0 Å². The van der Waals surface area contributed by atoms with Crippen LogP contribution in [0.15, 0.2) is 24.3 Å². The van der Waals surface area contributed by atoms with Crippen LogP contribution in [-0.2, 0) is 0 Å². The lowest BCUT2D eigenvalue weighted by atomic mass is 10.2. The Bertz CT molecular complexity index is 452. The molecule has 1 atom stereocenters. The van der Waals surface area contributed by atoms with E-state index in [0.717, 1.165) is 0 Å². The highest BCUT2D eigenvalue weighted by molar-refractivity contribution is 8.24. The fourth-order valence-electron chi connectivity index (χ4n) is 2.12. The molecule has 18 heavy (non-hydrogen) atoms. The third-order valence-electron chi connectivity index (χ3n) is 2.94. The van der Waals surface area contributed by atoms with Crippen LogP contribution < -0.4 is 10.6 Å². The topological polar surface area (TPSA) is 86.8 Å². The molecule has 1 aliphatic rings. The Hall–Kier alpha value is -1.31. The summed E-state index contributed by atoms with van der Waals surface area (Å²) in [5.74, 6) is -0.0189. The van der Waals surface area contributed by atoms with Gasteiger partial charge in [-0.05, 0) is 30.7 Å². The van der Waals surface area contributed by atoms with Gasteiger partial charge in [-0.25, -0.2) is 9.18 Å². The highest BCUT2D eigenvalue weighted by Gasteiger charge is 2.34. The van der Waals surface area contributed by atoms with Gasteiger partial charge in [0.15, 0.2) is 0 Å². The van der Waals surface area contributed by atoms with Gasteiger partial charge >= 0.3 is 6.03 Å². The van der Waals surface area contributed by atoms with Gasteiger partial charge in [-0.3, -0.25) is 14.0 Å². The van der Waals surface area contributed by atoms with Gasteiger partial charge in [-0.2, -0.15) is 10.6 Å². The van der Waals surface area contributed by atoms with Crippen molar-refractivity contribution in [2.24, 2.45) is 5.73 Å². The van der Waals surface area contributed by atoms with Crippen LogP contribution in [0.3, 0.4) is 0 Å². The average Bonchev–Trinajstić information content (AvgIpc) is 2.61. The number of carbonyl (C=O) groups excluding carboxylic acids is 1. The second-order valence-electron chi connectivity index (χ2n) is 4.30. The molecule has 1 saturated heterocycles. The molecule has 2 amide bonds. The van der Waals surface area contributed by atoms with Gasteiger partial charge in [-0.15, -0.1) is 0 Å². The van der Waals surface area contributed by atoms with Gasteiger partial charge in [0.2, 0.25) is 0 Å². The minimum atomic E-state index is -2.61. The van der Waals surface area contributed by atoms with E-state index in [-0.39, 0.29) is 17.5 Å². The zero-order chi connectivity index (χ0) is 13.3. The van der Waals surface area contributed by atoms with Gasteiger partial charge in [0.25, 0.3) is 0 Å². The summed E-state index contributed by atoms with van der Waals surface area (Å²) in [5.41, 5.74) is 5.78. The van der Waals surface area contributed by atoms with Crippen LogP contribution in [0.4, 0.5) is 14.9 Å². The first kappa shape index (κ1) is 13.1. The lowest BCUT2D eigenvalue weighted by molar-refractivity contribution is 0.252. The summed E-state index contributed by atoms with van der Waals surface area (Å²) in [7, 11) is -2.61. The number of benzene rings is 1. The first-order valence-corrected chi connectivity index (χ1v) is 7.35. The van der Waals surface area contributed by atoms with Crippen LogP contribution in [0, 0.1) is 5.82 Å². The Morgan fingerprint density at radius 3 is 2.44 bits per heavy atom. The molecule has 4 N–H and O–H groups in total. The zero-order valence-electron chi connectivity index (χ0n) is 9.62. The van der Waals surface area contributed by atoms with Crippen molar-refractivity contribution in [2.75, 3.05) is 16.4 Å². The number of urea groups is 1. The van der Waals surface area contributed by atoms with Gasteiger partial charge in [0, 0.05) is 11.4 Å². The minimum absolute atomic E-state index is 0.118. The number of hydrogen-bond acceptors (Lipinski definition) is 3. The van der Waals surface area contributed by atoms with Crippen molar-refractivity contribution >= 4 is 22.3 Å². The van der Waals surface area contributed by atoms with Crippen LogP contribution in [-0.4, -0.2) is 32.7 Å². The molecule has 0 radical (unpaired) electrons. The van der Waals surface area contributed by atoms with Crippen molar-refractivity contribution in [2.45, 2.75) is 12.5 Å². The number of halogens is 1. The van der Waals surface area contributed by atoms with Crippen molar-refractivity contribution in [1.82, 2.24) is 0 Å². The molecule has 1 aromatic rings. The SMILES string of the molecule is NC(=O)N(c1ccc(F)cc1)C1CCS(O)(O)C1. The van der Waals surface area contributed by atoms with Gasteiger partial charge in [0.1, 0.15) is 5.82 Å². The quantitative estimate of drug-likeness (QED) is 0.773. The molecule has 2 rings (SSSR count). The maximum Gasteiger partial charge on any atom is 0.319 e. The maximum absolute atomic E-state index is 12.8. The highest BCUT2D eigenvalue weighted by Crippen LogP contribution is 2.47. The molecule has 7 heteroatoms. The van der Waals surface area contributed by atoms with E-state index < -0.39 is 22.4 Å². The van der Waals surface area contributed by atoms with E-state index in [1.807, 2.05) is 0 Å². The molecule has 1 aromatic carbocycles. The molecular weight excluding hydrogens is 259 g/mol. The second-order valence-corrected chi connectivity index (χ2v) is 6.65. The van der Waals surface area contributed by atoms with Crippen LogP contribution in [0.2, 0.25) is 0 Å². The van der Waals surface area contributed by atoms with Crippen LogP contribution >= 0.6 is 10.6 Å². The van der Waals surface area contributed by atoms with Gasteiger partial charge < -0.3 is 5.73 Å². The fraction of sp³-hybridized carbons (Fsp3) is 0.364. The lowest BCUT2D eigenvalue weighted by Gasteiger charge is -2.30. The number of nitrogens with zero attached hydrogens (tertiary/aromatic N) is 1. The molecule has 5 nitrogen and oxygen atoms in total. The van der Waals surface area contributed by atoms with E-state index in [1.54, 1.807) is 0 Å². The first-order valence-electron chi connectivity index (χ1n) is 5.47. The van der Waals surface area contributed by atoms with E-state index >= 15 is 0 Å². The minimum Gasteiger partial charge on any atom is -0.351 e. The third-order valence-corrected chi connectivity index (χ3v) is 4.75. The number of anilines is 1. The summed E-state index contributed by atoms with van der Waals surface area (Å²) in [6, 6.07) is 4.34. The maximum atomic E-state index is 12.8. The number of hydrogen-bond donors (Lipinski definition) is 3. The smallest absolute Gasteiger partial charge is 0.319 e. The van der Waals surface area contributed by atoms with Crippen molar-refractivity contribution < 1.29 is 18.3 Å². The van der Waals surface area contributed by atoms with Crippen LogP contribution in [0.1, 0.15) is 6.42 Å². The summed E-state index contributed by atoms with van der Waals surface area (Å²) < 4.78 is 32.0. The molecule has 1 fully saturated rings. The largest absolute Gasteiger partial charge is 0.351 e. The van der Waals surface area contributed by atoms with Crippen molar-refractivity contribution in [3.05, 3.63) is 30.1 Å². The van der Waals surface area contributed by atoms with Crippen LogP contribution in [0.5, 0.6) is 0 Å². The van der Waals surface area contributed by atoms with Gasteiger partial charge in [0.05, 0.1) is 11.8 Å². The average molecular weight is 274 g/mol. The molecule has 1 unspecified atom stereocenters. The van der Waals surface area contributed by atoms with E-state index in [2.05, 4.69) is 0 Å². The van der Waals surface area contributed by atoms with E-state index in [9.17, 15) is 18.3 Å². The highest BCUT2D eigenvalue weighted by atomic mass is 32.3. The predicted octanol–water partition coefficient (Wildman–Crippen LogP) is 2.23. The molecule has 0 aromatic heterocycles. The summed E-state index contributed by atoms with van der Waals surface area (Å²) in [4.78, 5) is 12.8. The molecule has 100 valence electrons. The standard InChI is InChI=1S/C11H15FN2O3S/c12-8-1-3-9(4-2-8)14(11(13)15)10-5-6-18(16,17)7-10/h1-4,10,16-17H,5-7H2,(H2,13,15). The molecule has 1 heterocycles. The Balaban J connectivity index is 2.24. The number of nitrogens with two attached hydrogens (primary N) is 1. The summed E-state index contributed by atoms with van der Waals surface area (Å²) in [5, 5.41) is 0. The molecule has 0 saturated carbocycles. The Kier molecular flexibility index (Phi) is 3.47.